The Morgan fingerprint density at radius 1 is 1.32 bits per heavy atom. The summed E-state index contributed by atoms with van der Waals surface area (Å²) in [5, 5.41) is 3.62. The van der Waals surface area contributed by atoms with Crippen molar-refractivity contribution in [3.8, 4) is 0 Å². The topological polar surface area (TPSA) is 30.9 Å². The Morgan fingerprint density at radius 3 is 3.00 bits per heavy atom. The predicted molar refractivity (Wildman–Crippen MR) is 93.7 cm³/mol. The number of nitrogens with one attached hydrogen (secondary N) is 1. The first-order valence-corrected chi connectivity index (χ1v) is 8.60. The van der Waals surface area contributed by atoms with Gasteiger partial charge in [0, 0.05) is 32.4 Å². The summed E-state index contributed by atoms with van der Waals surface area (Å²) in [6, 6.07) is 8.67. The second-order valence-electron chi connectivity index (χ2n) is 6.36. The largest absolute Gasteiger partial charge is 0.356 e. The minimum atomic E-state index is 0.739. The molecule has 1 aromatic rings. The van der Waals surface area contributed by atoms with Crippen LogP contribution < -0.4 is 10.2 Å². The highest BCUT2D eigenvalue weighted by atomic mass is 15.3. The van der Waals surface area contributed by atoms with Gasteiger partial charge < -0.3 is 15.1 Å². The summed E-state index contributed by atoms with van der Waals surface area (Å²) in [5.74, 6) is 1.77. The molecule has 2 aliphatic rings. The minimum absolute atomic E-state index is 0.739. The van der Waals surface area contributed by atoms with Crippen LogP contribution in [0.1, 0.15) is 25.3 Å². The SMILES string of the molecule is CCN1CCCC(CNC(=NC)N2CCc3ccccc32)C1. The van der Waals surface area contributed by atoms with Crippen LogP contribution in [0, 0.1) is 5.92 Å². The van der Waals surface area contributed by atoms with Crippen molar-refractivity contribution in [3.05, 3.63) is 29.8 Å². The maximum Gasteiger partial charge on any atom is 0.198 e. The van der Waals surface area contributed by atoms with Gasteiger partial charge in [-0.15, -0.1) is 0 Å². The second kappa shape index (κ2) is 7.14. The van der Waals surface area contributed by atoms with Gasteiger partial charge in [-0.1, -0.05) is 25.1 Å². The van der Waals surface area contributed by atoms with Gasteiger partial charge in [0.15, 0.2) is 5.96 Å². The molecule has 0 amide bonds. The van der Waals surface area contributed by atoms with Crippen molar-refractivity contribution < 1.29 is 0 Å². The zero-order valence-corrected chi connectivity index (χ0v) is 13.9. The minimum Gasteiger partial charge on any atom is -0.356 e. The summed E-state index contributed by atoms with van der Waals surface area (Å²) in [6.45, 7) is 7.98. The van der Waals surface area contributed by atoms with E-state index >= 15 is 0 Å². The maximum absolute atomic E-state index is 4.51. The number of hydrogen-bond acceptors (Lipinski definition) is 2. The zero-order valence-electron chi connectivity index (χ0n) is 13.9. The van der Waals surface area contributed by atoms with E-state index in [1.54, 1.807) is 0 Å². The Balaban J connectivity index is 1.59. The lowest BCUT2D eigenvalue weighted by Gasteiger charge is -2.33. The average molecular weight is 300 g/mol. The number of benzene rings is 1. The van der Waals surface area contributed by atoms with E-state index in [2.05, 4.69) is 51.3 Å². The van der Waals surface area contributed by atoms with Gasteiger partial charge in [-0.3, -0.25) is 4.99 Å². The van der Waals surface area contributed by atoms with E-state index in [-0.39, 0.29) is 0 Å². The molecular formula is C18H28N4. The summed E-state index contributed by atoms with van der Waals surface area (Å²) in [5.41, 5.74) is 2.75. The molecule has 4 nitrogen and oxygen atoms in total. The fraction of sp³-hybridized carbons (Fsp3) is 0.611. The van der Waals surface area contributed by atoms with Crippen LogP contribution in [0.25, 0.3) is 0 Å². The lowest BCUT2D eigenvalue weighted by atomic mass is 9.98. The van der Waals surface area contributed by atoms with Gasteiger partial charge in [-0.05, 0) is 49.9 Å². The molecule has 2 aliphatic heterocycles. The highest BCUT2D eigenvalue weighted by Crippen LogP contribution is 2.27. The molecule has 1 atom stereocenters. The van der Waals surface area contributed by atoms with Gasteiger partial charge in [0.1, 0.15) is 0 Å². The van der Waals surface area contributed by atoms with Crippen molar-refractivity contribution in [2.24, 2.45) is 10.9 Å². The molecule has 2 heterocycles. The molecular weight excluding hydrogens is 272 g/mol. The average Bonchev–Trinajstić information content (AvgIpc) is 3.00. The summed E-state index contributed by atoms with van der Waals surface area (Å²) >= 11 is 0. The maximum atomic E-state index is 4.51. The second-order valence-corrected chi connectivity index (χ2v) is 6.36. The van der Waals surface area contributed by atoms with Crippen LogP contribution in [-0.2, 0) is 6.42 Å². The lowest BCUT2D eigenvalue weighted by Crippen LogP contribution is -2.45. The van der Waals surface area contributed by atoms with Gasteiger partial charge in [0.05, 0.1) is 0 Å². The number of likely N-dealkylation sites (tertiary alicyclic amines) is 1. The third-order valence-electron chi connectivity index (χ3n) is 4.95. The molecule has 1 N–H and O–H groups in total. The standard InChI is InChI=1S/C18H28N4/c1-3-21-11-6-7-15(14-21)13-20-18(19-2)22-12-10-16-8-4-5-9-17(16)22/h4-5,8-9,15H,3,6-7,10-14H2,1-2H3,(H,19,20). The van der Waals surface area contributed by atoms with Crippen LogP contribution in [0.4, 0.5) is 5.69 Å². The van der Waals surface area contributed by atoms with Crippen LogP contribution >= 0.6 is 0 Å². The fourth-order valence-corrected chi connectivity index (χ4v) is 3.69. The summed E-state index contributed by atoms with van der Waals surface area (Å²) < 4.78 is 0. The van der Waals surface area contributed by atoms with Crippen molar-refractivity contribution in [1.82, 2.24) is 10.2 Å². The van der Waals surface area contributed by atoms with Gasteiger partial charge in [0.25, 0.3) is 0 Å². The first-order chi connectivity index (χ1) is 10.8. The number of guanidine groups is 1. The predicted octanol–water partition coefficient (Wildman–Crippen LogP) is 2.36. The van der Waals surface area contributed by atoms with Crippen LogP contribution in [0.5, 0.6) is 0 Å². The molecule has 0 saturated carbocycles. The fourth-order valence-electron chi connectivity index (χ4n) is 3.69. The van der Waals surface area contributed by atoms with Crippen LogP contribution in [0.15, 0.2) is 29.3 Å². The smallest absolute Gasteiger partial charge is 0.198 e. The Hall–Kier alpha value is -1.55. The molecule has 4 heteroatoms. The summed E-state index contributed by atoms with van der Waals surface area (Å²) in [7, 11) is 1.89. The zero-order chi connectivity index (χ0) is 15.4. The monoisotopic (exact) mass is 300 g/mol. The molecule has 1 aromatic carbocycles. The van der Waals surface area contributed by atoms with E-state index in [1.807, 2.05) is 7.05 Å². The molecule has 1 saturated heterocycles. The van der Waals surface area contributed by atoms with E-state index in [1.165, 1.54) is 43.7 Å². The molecule has 0 aliphatic carbocycles. The third-order valence-corrected chi connectivity index (χ3v) is 4.95. The number of para-hydroxylation sites is 1. The van der Waals surface area contributed by atoms with Crippen molar-refractivity contribution >= 4 is 11.6 Å². The van der Waals surface area contributed by atoms with E-state index in [0.29, 0.717) is 0 Å². The normalized spacial score (nSPS) is 22.7. The van der Waals surface area contributed by atoms with Crippen molar-refractivity contribution in [1.29, 1.82) is 0 Å². The number of aliphatic imine (C=N–C) groups is 1. The van der Waals surface area contributed by atoms with Crippen molar-refractivity contribution in [2.45, 2.75) is 26.2 Å². The number of anilines is 1. The molecule has 0 bridgehead atoms. The molecule has 1 fully saturated rings. The molecule has 0 radical (unpaired) electrons. The molecule has 1 unspecified atom stereocenters. The molecule has 120 valence electrons. The third kappa shape index (κ3) is 3.27. The van der Waals surface area contributed by atoms with Crippen molar-refractivity contribution in [2.75, 3.05) is 44.7 Å². The van der Waals surface area contributed by atoms with Crippen LogP contribution in [0.2, 0.25) is 0 Å². The van der Waals surface area contributed by atoms with Crippen LogP contribution in [0.3, 0.4) is 0 Å². The van der Waals surface area contributed by atoms with Gasteiger partial charge in [-0.25, -0.2) is 0 Å². The summed E-state index contributed by atoms with van der Waals surface area (Å²) in [4.78, 5) is 9.40. The van der Waals surface area contributed by atoms with Gasteiger partial charge >= 0.3 is 0 Å². The molecule has 0 aromatic heterocycles. The Kier molecular flexibility index (Phi) is 4.98. The van der Waals surface area contributed by atoms with Crippen molar-refractivity contribution in [3.63, 3.8) is 0 Å². The number of rotatable bonds is 3. The molecule has 22 heavy (non-hydrogen) atoms. The van der Waals surface area contributed by atoms with Gasteiger partial charge in [0.2, 0.25) is 0 Å². The van der Waals surface area contributed by atoms with E-state index in [0.717, 1.165) is 31.4 Å². The number of piperidine rings is 1. The number of hydrogen-bond donors (Lipinski definition) is 1. The van der Waals surface area contributed by atoms with E-state index in [9.17, 15) is 0 Å². The molecule has 0 spiro atoms. The Morgan fingerprint density at radius 2 is 2.18 bits per heavy atom. The highest BCUT2D eigenvalue weighted by Gasteiger charge is 2.24. The lowest BCUT2D eigenvalue weighted by molar-refractivity contribution is 0.183. The first kappa shape index (κ1) is 15.3. The quantitative estimate of drug-likeness (QED) is 0.687. The number of nitrogens with zero attached hydrogens (tertiary/aromatic N) is 3. The van der Waals surface area contributed by atoms with Gasteiger partial charge in [-0.2, -0.15) is 0 Å². The number of fused-ring (bicyclic) bond motifs is 1. The summed E-state index contributed by atoms with van der Waals surface area (Å²) in [6.07, 6.45) is 3.77. The Labute approximate surface area is 134 Å². The molecule has 3 rings (SSSR count). The van der Waals surface area contributed by atoms with E-state index in [4.69, 9.17) is 0 Å². The Bertz CT molecular complexity index is 526. The van der Waals surface area contributed by atoms with Crippen LogP contribution in [-0.4, -0.2) is 50.6 Å². The highest BCUT2D eigenvalue weighted by molar-refractivity contribution is 5.97. The first-order valence-electron chi connectivity index (χ1n) is 8.60. The van der Waals surface area contributed by atoms with E-state index < -0.39 is 0 Å².